The Kier molecular flexibility index (Phi) is 4.69. The van der Waals surface area contributed by atoms with Crippen LogP contribution in [0.15, 0.2) is 53.3 Å². The molecule has 0 unspecified atom stereocenters. The average Bonchev–Trinajstić information content (AvgIpc) is 3.13. The molecule has 1 aliphatic rings. The zero-order chi connectivity index (χ0) is 18.6. The van der Waals surface area contributed by atoms with Crippen LogP contribution in [0.3, 0.4) is 0 Å². The van der Waals surface area contributed by atoms with Gasteiger partial charge in [0, 0.05) is 50.3 Å². The fraction of sp³-hybridized carbons (Fsp3) is 0.263. The number of carbonyl (C=O) groups is 1. The van der Waals surface area contributed by atoms with E-state index in [2.05, 4.69) is 30.2 Å². The fourth-order valence-electron chi connectivity index (χ4n) is 3.08. The Balaban J connectivity index is 1.41. The minimum atomic E-state index is -0.308. The van der Waals surface area contributed by atoms with Crippen LogP contribution in [0.2, 0.25) is 0 Å². The number of nitrogens with zero attached hydrogens (tertiary/aromatic N) is 5. The van der Waals surface area contributed by atoms with Gasteiger partial charge in [0.25, 0.3) is 5.91 Å². The summed E-state index contributed by atoms with van der Waals surface area (Å²) in [5.41, 5.74) is 1.33. The highest BCUT2D eigenvalue weighted by atomic mass is 16.5. The summed E-state index contributed by atoms with van der Waals surface area (Å²) in [5.74, 6) is 1.71. The van der Waals surface area contributed by atoms with E-state index in [4.69, 9.17) is 4.52 Å². The Bertz CT molecular complexity index is 919. The Hall–Kier alpha value is -3.42. The Morgan fingerprint density at radius 1 is 1.04 bits per heavy atom. The highest BCUT2D eigenvalue weighted by molar-refractivity contribution is 6.02. The molecular weight excluding hydrogens is 344 g/mol. The van der Waals surface area contributed by atoms with Gasteiger partial charge in [-0.3, -0.25) is 9.78 Å². The molecule has 1 saturated heterocycles. The van der Waals surface area contributed by atoms with E-state index in [-0.39, 0.29) is 5.91 Å². The number of aryl methyl sites for hydroxylation is 1. The number of anilines is 3. The summed E-state index contributed by atoms with van der Waals surface area (Å²) >= 11 is 0. The Morgan fingerprint density at radius 3 is 2.56 bits per heavy atom. The normalized spacial score (nSPS) is 14.3. The first kappa shape index (κ1) is 17.0. The third kappa shape index (κ3) is 3.89. The Morgan fingerprint density at radius 2 is 1.85 bits per heavy atom. The lowest BCUT2D eigenvalue weighted by molar-refractivity contribution is 0.102. The van der Waals surface area contributed by atoms with Crippen molar-refractivity contribution in [3.8, 4) is 0 Å². The molecule has 0 radical (unpaired) electrons. The van der Waals surface area contributed by atoms with Crippen molar-refractivity contribution in [3.05, 3.63) is 60.2 Å². The SMILES string of the molecule is Cc1cc(NC(=O)c2cc(N3CCN(c4ccccn4)CC3)ccn2)no1. The maximum Gasteiger partial charge on any atom is 0.275 e. The number of amides is 1. The lowest BCUT2D eigenvalue weighted by Crippen LogP contribution is -2.46. The molecule has 3 aromatic rings. The first-order chi connectivity index (χ1) is 13.2. The van der Waals surface area contributed by atoms with Gasteiger partial charge in [0.15, 0.2) is 5.82 Å². The number of pyridine rings is 2. The second-order valence-electron chi connectivity index (χ2n) is 6.34. The quantitative estimate of drug-likeness (QED) is 0.760. The summed E-state index contributed by atoms with van der Waals surface area (Å²) in [6.45, 7) is 5.22. The zero-order valence-electron chi connectivity index (χ0n) is 15.0. The molecule has 1 N–H and O–H groups in total. The molecule has 0 atom stereocenters. The van der Waals surface area contributed by atoms with Crippen LogP contribution in [-0.4, -0.2) is 47.2 Å². The molecule has 1 fully saturated rings. The molecule has 0 aliphatic carbocycles. The third-order valence-corrected chi connectivity index (χ3v) is 4.46. The van der Waals surface area contributed by atoms with E-state index in [1.165, 1.54) is 0 Å². The van der Waals surface area contributed by atoms with Gasteiger partial charge in [0.1, 0.15) is 17.3 Å². The van der Waals surface area contributed by atoms with Gasteiger partial charge in [0.2, 0.25) is 0 Å². The first-order valence-corrected chi connectivity index (χ1v) is 8.81. The molecule has 0 spiro atoms. The highest BCUT2D eigenvalue weighted by Crippen LogP contribution is 2.20. The van der Waals surface area contributed by atoms with Gasteiger partial charge in [0.05, 0.1) is 0 Å². The van der Waals surface area contributed by atoms with Crippen LogP contribution < -0.4 is 15.1 Å². The van der Waals surface area contributed by atoms with E-state index < -0.39 is 0 Å². The summed E-state index contributed by atoms with van der Waals surface area (Å²) < 4.78 is 4.96. The monoisotopic (exact) mass is 364 g/mol. The molecule has 0 bridgehead atoms. The molecule has 27 heavy (non-hydrogen) atoms. The van der Waals surface area contributed by atoms with Crippen molar-refractivity contribution in [2.75, 3.05) is 41.3 Å². The first-order valence-electron chi connectivity index (χ1n) is 8.81. The molecular formula is C19H20N6O2. The molecule has 0 saturated carbocycles. The molecule has 4 heterocycles. The number of aromatic nitrogens is 3. The van der Waals surface area contributed by atoms with Gasteiger partial charge in [-0.1, -0.05) is 11.2 Å². The minimum absolute atomic E-state index is 0.308. The van der Waals surface area contributed by atoms with E-state index in [0.29, 0.717) is 17.3 Å². The summed E-state index contributed by atoms with van der Waals surface area (Å²) in [6, 6.07) is 11.3. The van der Waals surface area contributed by atoms with E-state index in [9.17, 15) is 4.79 Å². The minimum Gasteiger partial charge on any atom is -0.368 e. The summed E-state index contributed by atoms with van der Waals surface area (Å²) in [5, 5.41) is 6.47. The van der Waals surface area contributed by atoms with Crippen LogP contribution in [0.4, 0.5) is 17.3 Å². The fourth-order valence-corrected chi connectivity index (χ4v) is 3.08. The van der Waals surface area contributed by atoms with Gasteiger partial charge in [-0.2, -0.15) is 0 Å². The summed E-state index contributed by atoms with van der Waals surface area (Å²) in [7, 11) is 0. The largest absolute Gasteiger partial charge is 0.368 e. The van der Waals surface area contributed by atoms with Gasteiger partial charge in [-0.25, -0.2) is 4.98 Å². The average molecular weight is 364 g/mol. The highest BCUT2D eigenvalue weighted by Gasteiger charge is 2.19. The van der Waals surface area contributed by atoms with Crippen molar-refractivity contribution in [1.82, 2.24) is 15.1 Å². The lowest BCUT2D eigenvalue weighted by atomic mass is 10.2. The van der Waals surface area contributed by atoms with Crippen molar-refractivity contribution in [3.63, 3.8) is 0 Å². The molecule has 8 heteroatoms. The molecule has 0 aromatic carbocycles. The number of hydrogen-bond donors (Lipinski definition) is 1. The second kappa shape index (κ2) is 7.45. The number of hydrogen-bond acceptors (Lipinski definition) is 7. The van der Waals surface area contributed by atoms with Gasteiger partial charge >= 0.3 is 0 Å². The predicted octanol–water partition coefficient (Wildman–Crippen LogP) is 2.35. The van der Waals surface area contributed by atoms with Crippen LogP contribution in [0.1, 0.15) is 16.2 Å². The summed E-state index contributed by atoms with van der Waals surface area (Å²) in [6.07, 6.45) is 3.47. The van der Waals surface area contributed by atoms with Crippen molar-refractivity contribution < 1.29 is 9.32 Å². The summed E-state index contributed by atoms with van der Waals surface area (Å²) in [4.78, 5) is 25.5. The standard InChI is InChI=1S/C19H20N6O2/c1-14-12-17(23-27-14)22-19(26)16-13-15(5-7-20-16)24-8-10-25(11-9-24)18-4-2-3-6-21-18/h2-7,12-13H,8-11H2,1H3,(H,22,23,26). The van der Waals surface area contributed by atoms with Crippen LogP contribution in [-0.2, 0) is 0 Å². The van der Waals surface area contributed by atoms with E-state index in [1.807, 2.05) is 30.5 Å². The van der Waals surface area contributed by atoms with Crippen molar-refractivity contribution >= 4 is 23.2 Å². The van der Waals surface area contributed by atoms with Crippen LogP contribution in [0.25, 0.3) is 0 Å². The molecule has 1 aliphatic heterocycles. The third-order valence-electron chi connectivity index (χ3n) is 4.46. The van der Waals surface area contributed by atoms with Gasteiger partial charge in [-0.15, -0.1) is 0 Å². The number of rotatable bonds is 4. The lowest BCUT2D eigenvalue weighted by Gasteiger charge is -2.36. The van der Waals surface area contributed by atoms with Gasteiger partial charge in [-0.05, 0) is 31.2 Å². The smallest absolute Gasteiger partial charge is 0.275 e. The second-order valence-corrected chi connectivity index (χ2v) is 6.34. The number of nitrogens with one attached hydrogen (secondary N) is 1. The maximum absolute atomic E-state index is 12.4. The van der Waals surface area contributed by atoms with E-state index in [0.717, 1.165) is 37.7 Å². The number of piperazine rings is 1. The zero-order valence-corrected chi connectivity index (χ0v) is 15.0. The maximum atomic E-state index is 12.4. The van der Waals surface area contributed by atoms with Crippen molar-refractivity contribution in [2.24, 2.45) is 0 Å². The van der Waals surface area contributed by atoms with E-state index >= 15 is 0 Å². The molecule has 1 amide bonds. The molecule has 4 rings (SSSR count). The van der Waals surface area contributed by atoms with Crippen molar-refractivity contribution in [2.45, 2.75) is 6.92 Å². The van der Waals surface area contributed by atoms with Gasteiger partial charge < -0.3 is 19.6 Å². The molecule has 8 nitrogen and oxygen atoms in total. The molecule has 138 valence electrons. The predicted molar refractivity (Wildman–Crippen MR) is 102 cm³/mol. The topological polar surface area (TPSA) is 87.4 Å². The molecule has 3 aromatic heterocycles. The van der Waals surface area contributed by atoms with Crippen molar-refractivity contribution in [1.29, 1.82) is 0 Å². The van der Waals surface area contributed by atoms with Crippen LogP contribution >= 0.6 is 0 Å². The van der Waals surface area contributed by atoms with Crippen LogP contribution in [0, 0.1) is 6.92 Å². The Labute approximate surface area is 156 Å². The number of carbonyl (C=O) groups excluding carboxylic acids is 1. The van der Waals surface area contributed by atoms with E-state index in [1.54, 1.807) is 25.3 Å². The van der Waals surface area contributed by atoms with Crippen LogP contribution in [0.5, 0.6) is 0 Å².